The van der Waals surface area contributed by atoms with Crippen LogP contribution in [-0.4, -0.2) is 14.1 Å². The molecule has 0 fully saturated rings. The van der Waals surface area contributed by atoms with Crippen molar-refractivity contribution in [3.63, 3.8) is 0 Å². The van der Waals surface area contributed by atoms with Gasteiger partial charge in [0.2, 0.25) is 0 Å². The summed E-state index contributed by atoms with van der Waals surface area (Å²) in [7, 11) is 4.13. The van der Waals surface area contributed by atoms with Crippen LogP contribution in [0.1, 0.15) is 23.5 Å². The molecule has 0 spiro atoms. The van der Waals surface area contributed by atoms with Crippen molar-refractivity contribution in [2.24, 2.45) is 0 Å². The average Bonchev–Trinajstić information content (AvgIpc) is 2.46. The zero-order valence-corrected chi connectivity index (χ0v) is 11.7. The maximum atomic E-state index is 3.89. The first-order valence-corrected chi connectivity index (χ1v) is 6.65. The summed E-state index contributed by atoms with van der Waals surface area (Å²) in [4.78, 5) is 2.12. The largest absolute Gasteiger partial charge is 0.378 e. The smallest absolute Gasteiger partial charge is 0.0361 e. The van der Waals surface area contributed by atoms with Crippen molar-refractivity contribution in [1.29, 1.82) is 0 Å². The highest BCUT2D eigenvalue weighted by Gasteiger charge is 2.12. The van der Waals surface area contributed by atoms with E-state index in [2.05, 4.69) is 80.2 Å². The van der Waals surface area contributed by atoms with Gasteiger partial charge in [0.1, 0.15) is 0 Å². The lowest BCUT2D eigenvalue weighted by Gasteiger charge is -2.18. The number of anilines is 1. The van der Waals surface area contributed by atoms with E-state index in [1.54, 1.807) is 0 Å². The molecule has 0 amide bonds. The van der Waals surface area contributed by atoms with Gasteiger partial charge in [-0.2, -0.15) is 0 Å². The first kappa shape index (κ1) is 13.4. The van der Waals surface area contributed by atoms with E-state index in [-0.39, 0.29) is 0 Å². The summed E-state index contributed by atoms with van der Waals surface area (Å²) in [5.41, 5.74) is 3.92. The molecule has 2 aromatic carbocycles. The van der Waals surface area contributed by atoms with E-state index in [4.69, 9.17) is 0 Å². The van der Waals surface area contributed by atoms with Crippen LogP contribution >= 0.6 is 0 Å². The average molecular weight is 251 g/mol. The minimum Gasteiger partial charge on any atom is -0.378 e. The highest BCUT2D eigenvalue weighted by Crippen LogP contribution is 2.29. The van der Waals surface area contributed by atoms with E-state index < -0.39 is 0 Å². The van der Waals surface area contributed by atoms with Gasteiger partial charge in [-0.1, -0.05) is 48.5 Å². The SMILES string of the molecule is C=CCC(c1ccccc1)c1ccc(N(C)C)cc1. The summed E-state index contributed by atoms with van der Waals surface area (Å²) in [5, 5.41) is 0. The molecule has 0 bridgehead atoms. The van der Waals surface area contributed by atoms with Crippen LogP contribution in [0, 0.1) is 0 Å². The van der Waals surface area contributed by atoms with Gasteiger partial charge in [-0.3, -0.25) is 0 Å². The second-order valence-corrected chi connectivity index (χ2v) is 4.97. The van der Waals surface area contributed by atoms with Gasteiger partial charge >= 0.3 is 0 Å². The normalized spacial score (nSPS) is 11.9. The molecule has 1 unspecified atom stereocenters. The predicted octanol–water partition coefficient (Wildman–Crippen LogP) is 4.46. The molecule has 1 heteroatoms. The summed E-state index contributed by atoms with van der Waals surface area (Å²) in [5.74, 6) is 0.398. The lowest BCUT2D eigenvalue weighted by molar-refractivity contribution is 0.830. The monoisotopic (exact) mass is 251 g/mol. The van der Waals surface area contributed by atoms with Crippen molar-refractivity contribution < 1.29 is 0 Å². The van der Waals surface area contributed by atoms with Crippen molar-refractivity contribution in [3.8, 4) is 0 Å². The molecule has 0 aliphatic rings. The number of hydrogen-bond acceptors (Lipinski definition) is 1. The molecule has 0 N–H and O–H groups in total. The minimum absolute atomic E-state index is 0.398. The molecule has 0 radical (unpaired) electrons. The Kier molecular flexibility index (Phi) is 4.40. The second-order valence-electron chi connectivity index (χ2n) is 4.97. The van der Waals surface area contributed by atoms with Crippen LogP contribution in [0.5, 0.6) is 0 Å². The fourth-order valence-electron chi connectivity index (χ4n) is 2.32. The molecule has 1 nitrogen and oxygen atoms in total. The molecular formula is C18H21N. The number of hydrogen-bond donors (Lipinski definition) is 0. The highest BCUT2D eigenvalue weighted by molar-refractivity contribution is 5.48. The predicted molar refractivity (Wildman–Crippen MR) is 83.9 cm³/mol. The summed E-state index contributed by atoms with van der Waals surface area (Å²) < 4.78 is 0. The summed E-state index contributed by atoms with van der Waals surface area (Å²) in [6.45, 7) is 3.89. The van der Waals surface area contributed by atoms with Crippen molar-refractivity contribution in [2.45, 2.75) is 12.3 Å². The summed E-state index contributed by atoms with van der Waals surface area (Å²) in [6, 6.07) is 19.4. The second kappa shape index (κ2) is 6.24. The molecule has 0 aliphatic heterocycles. The van der Waals surface area contributed by atoms with Crippen molar-refractivity contribution in [2.75, 3.05) is 19.0 Å². The minimum atomic E-state index is 0.398. The molecule has 1 atom stereocenters. The molecule has 0 saturated carbocycles. The van der Waals surface area contributed by atoms with Crippen LogP contribution in [0.15, 0.2) is 67.3 Å². The van der Waals surface area contributed by atoms with E-state index in [0.717, 1.165) is 6.42 Å². The van der Waals surface area contributed by atoms with Crippen LogP contribution in [0.2, 0.25) is 0 Å². The molecule has 0 aromatic heterocycles. The molecule has 2 aromatic rings. The Morgan fingerprint density at radius 1 is 0.947 bits per heavy atom. The van der Waals surface area contributed by atoms with Gasteiger partial charge in [0.25, 0.3) is 0 Å². The standard InChI is InChI=1S/C18H21N/c1-4-8-18(15-9-6-5-7-10-15)16-11-13-17(14-12-16)19(2)3/h4-7,9-14,18H,1,8H2,2-3H3. The Morgan fingerprint density at radius 3 is 2.05 bits per heavy atom. The first-order chi connectivity index (χ1) is 9.22. The Hall–Kier alpha value is -2.02. The van der Waals surface area contributed by atoms with E-state index in [1.807, 2.05) is 6.08 Å². The van der Waals surface area contributed by atoms with Gasteiger partial charge in [0.05, 0.1) is 0 Å². The Bertz CT molecular complexity index is 511. The molecule has 0 heterocycles. The highest BCUT2D eigenvalue weighted by atomic mass is 15.1. The van der Waals surface area contributed by atoms with Crippen LogP contribution in [-0.2, 0) is 0 Å². The van der Waals surface area contributed by atoms with Gasteiger partial charge in [-0.25, -0.2) is 0 Å². The maximum Gasteiger partial charge on any atom is 0.0361 e. The molecular weight excluding hydrogens is 230 g/mol. The third kappa shape index (κ3) is 3.25. The van der Waals surface area contributed by atoms with Gasteiger partial charge in [0.15, 0.2) is 0 Å². The number of nitrogens with zero attached hydrogens (tertiary/aromatic N) is 1. The van der Waals surface area contributed by atoms with E-state index in [9.17, 15) is 0 Å². The van der Waals surface area contributed by atoms with Crippen molar-refractivity contribution >= 4 is 5.69 Å². The topological polar surface area (TPSA) is 3.24 Å². The molecule has 2 rings (SSSR count). The van der Waals surface area contributed by atoms with Gasteiger partial charge in [0, 0.05) is 25.7 Å². The van der Waals surface area contributed by atoms with Crippen LogP contribution in [0.4, 0.5) is 5.69 Å². The van der Waals surface area contributed by atoms with E-state index in [0.29, 0.717) is 5.92 Å². The third-order valence-electron chi connectivity index (χ3n) is 3.42. The van der Waals surface area contributed by atoms with Crippen LogP contribution in [0.25, 0.3) is 0 Å². The van der Waals surface area contributed by atoms with Gasteiger partial charge < -0.3 is 4.90 Å². The Balaban J connectivity index is 2.31. The molecule has 19 heavy (non-hydrogen) atoms. The first-order valence-electron chi connectivity index (χ1n) is 6.65. The zero-order valence-electron chi connectivity index (χ0n) is 11.7. The van der Waals surface area contributed by atoms with E-state index in [1.165, 1.54) is 16.8 Å². The molecule has 0 saturated heterocycles. The van der Waals surface area contributed by atoms with E-state index >= 15 is 0 Å². The molecule has 98 valence electrons. The van der Waals surface area contributed by atoms with Crippen molar-refractivity contribution in [3.05, 3.63) is 78.4 Å². The molecule has 0 aliphatic carbocycles. The Labute approximate surface area is 116 Å². The quantitative estimate of drug-likeness (QED) is 0.709. The fraction of sp³-hybridized carbons (Fsp3) is 0.222. The zero-order chi connectivity index (χ0) is 13.7. The number of allylic oxidation sites excluding steroid dienone is 1. The lowest BCUT2D eigenvalue weighted by atomic mass is 9.88. The van der Waals surface area contributed by atoms with Gasteiger partial charge in [-0.15, -0.1) is 6.58 Å². The van der Waals surface area contributed by atoms with Crippen LogP contribution < -0.4 is 4.90 Å². The third-order valence-corrected chi connectivity index (χ3v) is 3.42. The van der Waals surface area contributed by atoms with Crippen molar-refractivity contribution in [1.82, 2.24) is 0 Å². The van der Waals surface area contributed by atoms with Crippen LogP contribution in [0.3, 0.4) is 0 Å². The number of rotatable bonds is 5. The maximum absolute atomic E-state index is 3.89. The summed E-state index contributed by atoms with van der Waals surface area (Å²) in [6.07, 6.45) is 2.96. The lowest BCUT2D eigenvalue weighted by Crippen LogP contribution is -2.08. The fourth-order valence-corrected chi connectivity index (χ4v) is 2.32. The summed E-state index contributed by atoms with van der Waals surface area (Å²) >= 11 is 0. The number of benzene rings is 2. The van der Waals surface area contributed by atoms with Gasteiger partial charge in [-0.05, 0) is 29.7 Å². The Morgan fingerprint density at radius 2 is 1.53 bits per heavy atom.